The molecule has 17 heavy (non-hydrogen) atoms. The SMILES string of the molecule is CC(NS(=O)(=O)c1ccc(CBr)cc1)C1CC1. The highest BCUT2D eigenvalue weighted by molar-refractivity contribution is 9.08. The van der Waals surface area contributed by atoms with Gasteiger partial charge in [0.1, 0.15) is 0 Å². The van der Waals surface area contributed by atoms with Gasteiger partial charge in [0.25, 0.3) is 0 Å². The van der Waals surface area contributed by atoms with E-state index in [4.69, 9.17) is 0 Å². The number of rotatable bonds is 5. The maximum absolute atomic E-state index is 12.1. The van der Waals surface area contributed by atoms with Crippen LogP contribution in [0.1, 0.15) is 25.3 Å². The van der Waals surface area contributed by atoms with E-state index in [1.165, 1.54) is 0 Å². The van der Waals surface area contributed by atoms with Gasteiger partial charge in [-0.3, -0.25) is 0 Å². The van der Waals surface area contributed by atoms with Crippen molar-refractivity contribution in [3.05, 3.63) is 29.8 Å². The summed E-state index contributed by atoms with van der Waals surface area (Å²) >= 11 is 3.34. The van der Waals surface area contributed by atoms with Crippen molar-refractivity contribution in [3.63, 3.8) is 0 Å². The average Bonchev–Trinajstić information content (AvgIpc) is 3.12. The lowest BCUT2D eigenvalue weighted by molar-refractivity contribution is 0.538. The standard InChI is InChI=1S/C12H16BrNO2S/c1-9(11-4-5-11)14-17(15,16)12-6-2-10(8-13)3-7-12/h2-3,6-7,9,11,14H,4-5,8H2,1H3. The van der Waals surface area contributed by atoms with Crippen LogP contribution < -0.4 is 4.72 Å². The topological polar surface area (TPSA) is 46.2 Å². The average molecular weight is 318 g/mol. The maximum Gasteiger partial charge on any atom is 0.240 e. The molecule has 0 bridgehead atoms. The van der Waals surface area contributed by atoms with Gasteiger partial charge in [0.15, 0.2) is 0 Å². The molecule has 0 aliphatic heterocycles. The smallest absolute Gasteiger partial charge is 0.208 e. The molecule has 0 radical (unpaired) electrons. The summed E-state index contributed by atoms with van der Waals surface area (Å²) < 4.78 is 26.8. The minimum atomic E-state index is -3.35. The summed E-state index contributed by atoms with van der Waals surface area (Å²) in [5.74, 6) is 0.520. The van der Waals surface area contributed by atoms with E-state index < -0.39 is 10.0 Å². The molecule has 1 aromatic rings. The van der Waals surface area contributed by atoms with Crippen LogP contribution in [0.3, 0.4) is 0 Å². The molecule has 94 valence electrons. The number of hydrogen-bond acceptors (Lipinski definition) is 2. The molecule has 0 saturated heterocycles. The Morgan fingerprint density at radius 1 is 1.35 bits per heavy atom. The first-order chi connectivity index (χ1) is 8.03. The molecule has 3 nitrogen and oxygen atoms in total. The first-order valence-corrected chi connectivity index (χ1v) is 8.30. The quantitative estimate of drug-likeness (QED) is 0.849. The van der Waals surface area contributed by atoms with Crippen molar-refractivity contribution in [1.29, 1.82) is 0 Å². The number of nitrogens with one attached hydrogen (secondary N) is 1. The van der Waals surface area contributed by atoms with E-state index in [2.05, 4.69) is 20.7 Å². The first kappa shape index (κ1) is 13.1. The van der Waals surface area contributed by atoms with Gasteiger partial charge in [-0.05, 0) is 43.4 Å². The molecule has 0 heterocycles. The van der Waals surface area contributed by atoms with Crippen molar-refractivity contribution in [1.82, 2.24) is 4.72 Å². The van der Waals surface area contributed by atoms with E-state index in [-0.39, 0.29) is 6.04 Å². The van der Waals surface area contributed by atoms with E-state index in [0.29, 0.717) is 10.8 Å². The fourth-order valence-corrected chi connectivity index (χ4v) is 3.45. The molecule has 0 amide bonds. The fraction of sp³-hybridized carbons (Fsp3) is 0.500. The zero-order chi connectivity index (χ0) is 12.5. The van der Waals surface area contributed by atoms with Crippen LogP contribution in [-0.2, 0) is 15.4 Å². The number of alkyl halides is 1. The third kappa shape index (κ3) is 3.30. The second kappa shape index (κ2) is 5.08. The number of halogens is 1. The van der Waals surface area contributed by atoms with Gasteiger partial charge in [-0.25, -0.2) is 13.1 Å². The lowest BCUT2D eigenvalue weighted by Crippen LogP contribution is -2.33. The van der Waals surface area contributed by atoms with Gasteiger partial charge in [-0.1, -0.05) is 28.1 Å². The Labute approximate surface area is 111 Å². The summed E-state index contributed by atoms with van der Waals surface area (Å²) in [6, 6.07) is 6.99. The lowest BCUT2D eigenvalue weighted by atomic mass is 10.2. The highest BCUT2D eigenvalue weighted by Gasteiger charge is 2.31. The van der Waals surface area contributed by atoms with Crippen LogP contribution in [0.5, 0.6) is 0 Å². The van der Waals surface area contributed by atoms with Gasteiger partial charge in [0.05, 0.1) is 4.90 Å². The van der Waals surface area contributed by atoms with E-state index in [1.807, 2.05) is 19.1 Å². The minimum Gasteiger partial charge on any atom is -0.208 e. The van der Waals surface area contributed by atoms with Crippen molar-refractivity contribution in [3.8, 4) is 0 Å². The molecule has 0 spiro atoms. The van der Waals surface area contributed by atoms with E-state index >= 15 is 0 Å². The number of benzene rings is 1. The molecule has 5 heteroatoms. The Morgan fingerprint density at radius 3 is 2.41 bits per heavy atom. The largest absolute Gasteiger partial charge is 0.240 e. The van der Waals surface area contributed by atoms with E-state index in [9.17, 15) is 8.42 Å². The van der Waals surface area contributed by atoms with Gasteiger partial charge in [-0.15, -0.1) is 0 Å². The highest BCUT2D eigenvalue weighted by Crippen LogP contribution is 2.33. The molecule has 1 N–H and O–H groups in total. The summed E-state index contributed by atoms with van der Waals surface area (Å²) in [5, 5.41) is 0.735. The van der Waals surface area contributed by atoms with E-state index in [1.54, 1.807) is 12.1 Å². The van der Waals surface area contributed by atoms with Crippen LogP contribution in [0, 0.1) is 5.92 Å². The van der Waals surface area contributed by atoms with Gasteiger partial charge in [-0.2, -0.15) is 0 Å². The molecule has 1 aliphatic rings. The summed E-state index contributed by atoms with van der Waals surface area (Å²) in [6.07, 6.45) is 2.26. The van der Waals surface area contributed by atoms with Gasteiger partial charge in [0, 0.05) is 11.4 Å². The first-order valence-electron chi connectivity index (χ1n) is 5.70. The molecule has 1 aliphatic carbocycles. The second-order valence-electron chi connectivity index (χ2n) is 4.52. The Kier molecular flexibility index (Phi) is 3.90. The highest BCUT2D eigenvalue weighted by atomic mass is 79.9. The fourth-order valence-electron chi connectivity index (χ4n) is 1.76. The van der Waals surface area contributed by atoms with Crippen molar-refractivity contribution >= 4 is 26.0 Å². The molecular weight excluding hydrogens is 302 g/mol. The molecule has 1 atom stereocenters. The van der Waals surface area contributed by atoms with Gasteiger partial charge < -0.3 is 0 Å². The molecule has 1 fully saturated rings. The van der Waals surface area contributed by atoms with Crippen LogP contribution in [0.25, 0.3) is 0 Å². The summed E-state index contributed by atoms with van der Waals surface area (Å²) in [5.41, 5.74) is 1.07. The van der Waals surface area contributed by atoms with Crippen molar-refractivity contribution in [2.45, 2.75) is 36.0 Å². The summed E-state index contributed by atoms with van der Waals surface area (Å²) in [4.78, 5) is 0.342. The molecule has 1 saturated carbocycles. The molecular formula is C12H16BrNO2S. The normalized spacial score (nSPS) is 18.0. The van der Waals surface area contributed by atoms with E-state index in [0.717, 1.165) is 23.7 Å². The van der Waals surface area contributed by atoms with Crippen LogP contribution in [0.4, 0.5) is 0 Å². The molecule has 1 aromatic carbocycles. The minimum absolute atomic E-state index is 0.0378. The summed E-state index contributed by atoms with van der Waals surface area (Å²) in [6.45, 7) is 1.93. The predicted octanol–water partition coefficient (Wildman–Crippen LogP) is 2.66. The van der Waals surface area contributed by atoms with Crippen LogP contribution in [0.2, 0.25) is 0 Å². The molecule has 0 aromatic heterocycles. The van der Waals surface area contributed by atoms with Crippen LogP contribution in [0.15, 0.2) is 29.2 Å². The third-order valence-electron chi connectivity index (χ3n) is 3.06. The van der Waals surface area contributed by atoms with Gasteiger partial charge in [0.2, 0.25) is 10.0 Å². The number of sulfonamides is 1. The van der Waals surface area contributed by atoms with Crippen molar-refractivity contribution in [2.24, 2.45) is 5.92 Å². The monoisotopic (exact) mass is 317 g/mol. The van der Waals surface area contributed by atoms with Crippen molar-refractivity contribution < 1.29 is 8.42 Å². The van der Waals surface area contributed by atoms with Crippen LogP contribution in [-0.4, -0.2) is 14.5 Å². The number of hydrogen-bond donors (Lipinski definition) is 1. The Hall–Kier alpha value is -0.390. The summed E-state index contributed by atoms with van der Waals surface area (Å²) in [7, 11) is -3.35. The lowest BCUT2D eigenvalue weighted by Gasteiger charge is -2.13. The van der Waals surface area contributed by atoms with Gasteiger partial charge >= 0.3 is 0 Å². The maximum atomic E-state index is 12.1. The Morgan fingerprint density at radius 2 is 1.94 bits per heavy atom. The zero-order valence-corrected chi connectivity index (χ0v) is 12.1. The molecule has 1 unspecified atom stereocenters. The van der Waals surface area contributed by atoms with Crippen molar-refractivity contribution in [2.75, 3.05) is 0 Å². The third-order valence-corrected chi connectivity index (χ3v) is 5.28. The predicted molar refractivity (Wildman–Crippen MR) is 71.6 cm³/mol. The second-order valence-corrected chi connectivity index (χ2v) is 6.80. The van der Waals surface area contributed by atoms with Crippen LogP contribution >= 0.6 is 15.9 Å². The zero-order valence-electron chi connectivity index (χ0n) is 9.69. The Balaban J connectivity index is 2.12. The Bertz CT molecular complexity index is 480. The molecule has 2 rings (SSSR count).